The molecule has 1 unspecified atom stereocenters. The minimum absolute atomic E-state index is 0.562. The van der Waals surface area contributed by atoms with Crippen LogP contribution in [0.4, 0.5) is 0 Å². The molecule has 6 heteroatoms. The average Bonchev–Trinajstić information content (AvgIpc) is 2.81. The Kier molecular flexibility index (Phi) is 3.98. The number of nitrogens with zero attached hydrogens (tertiary/aromatic N) is 3. The first-order valence-electron chi connectivity index (χ1n) is 5.56. The summed E-state index contributed by atoms with van der Waals surface area (Å²) in [6, 6.07) is 3.60. The molecular formula is C12H14BrN3O2. The van der Waals surface area contributed by atoms with Crippen molar-refractivity contribution in [2.24, 2.45) is 0 Å². The predicted molar refractivity (Wildman–Crippen MR) is 70.5 cm³/mol. The fourth-order valence-electron chi connectivity index (χ4n) is 1.75. The predicted octanol–water partition coefficient (Wildman–Crippen LogP) is 2.15. The van der Waals surface area contributed by atoms with Crippen molar-refractivity contribution in [1.29, 1.82) is 0 Å². The van der Waals surface area contributed by atoms with E-state index in [-0.39, 0.29) is 0 Å². The number of ether oxygens (including phenoxy) is 1. The second-order valence-corrected chi connectivity index (χ2v) is 4.63. The highest BCUT2D eigenvalue weighted by Crippen LogP contribution is 2.29. The molecular weight excluding hydrogens is 298 g/mol. The van der Waals surface area contributed by atoms with E-state index in [0.29, 0.717) is 23.7 Å². The van der Waals surface area contributed by atoms with Crippen molar-refractivity contribution < 1.29 is 9.84 Å². The van der Waals surface area contributed by atoms with Gasteiger partial charge in [-0.2, -0.15) is 5.10 Å². The van der Waals surface area contributed by atoms with Gasteiger partial charge in [0, 0.05) is 17.2 Å². The quantitative estimate of drug-likeness (QED) is 0.940. The van der Waals surface area contributed by atoms with Gasteiger partial charge in [0.1, 0.15) is 11.8 Å². The van der Waals surface area contributed by atoms with Crippen molar-refractivity contribution >= 4 is 15.9 Å². The molecule has 0 fully saturated rings. The SMILES string of the molecule is CCn1ncc(OC)c1C(O)c1ccc(Br)cn1. The van der Waals surface area contributed by atoms with E-state index < -0.39 is 6.10 Å². The summed E-state index contributed by atoms with van der Waals surface area (Å²) in [5, 5.41) is 14.5. The lowest BCUT2D eigenvalue weighted by Gasteiger charge is -2.13. The summed E-state index contributed by atoms with van der Waals surface area (Å²) in [6.45, 7) is 2.62. The highest BCUT2D eigenvalue weighted by Gasteiger charge is 2.21. The van der Waals surface area contributed by atoms with Gasteiger partial charge in [0.15, 0.2) is 5.75 Å². The van der Waals surface area contributed by atoms with Gasteiger partial charge in [-0.05, 0) is 35.0 Å². The van der Waals surface area contributed by atoms with E-state index in [4.69, 9.17) is 4.74 Å². The second-order valence-electron chi connectivity index (χ2n) is 3.72. The lowest BCUT2D eigenvalue weighted by molar-refractivity contribution is 0.198. The maximum atomic E-state index is 10.4. The van der Waals surface area contributed by atoms with Gasteiger partial charge in [0.05, 0.1) is 19.0 Å². The molecule has 1 N–H and O–H groups in total. The molecule has 2 heterocycles. The minimum atomic E-state index is -0.851. The zero-order chi connectivity index (χ0) is 13.1. The monoisotopic (exact) mass is 311 g/mol. The summed E-state index contributed by atoms with van der Waals surface area (Å²) in [5.41, 5.74) is 1.18. The van der Waals surface area contributed by atoms with Gasteiger partial charge in [0.2, 0.25) is 0 Å². The van der Waals surface area contributed by atoms with Gasteiger partial charge in [-0.3, -0.25) is 9.67 Å². The summed E-state index contributed by atoms with van der Waals surface area (Å²) in [4.78, 5) is 4.19. The van der Waals surface area contributed by atoms with Gasteiger partial charge in [-0.25, -0.2) is 0 Å². The van der Waals surface area contributed by atoms with Gasteiger partial charge in [-0.15, -0.1) is 0 Å². The molecule has 1 atom stereocenters. The fraction of sp³-hybridized carbons (Fsp3) is 0.333. The number of aliphatic hydroxyl groups is 1. The molecule has 0 saturated carbocycles. The Hall–Kier alpha value is -1.40. The molecule has 0 aliphatic rings. The number of methoxy groups -OCH3 is 1. The number of hydrogen-bond donors (Lipinski definition) is 1. The summed E-state index contributed by atoms with van der Waals surface area (Å²) < 4.78 is 7.79. The van der Waals surface area contributed by atoms with Crippen molar-refractivity contribution in [1.82, 2.24) is 14.8 Å². The Bertz CT molecular complexity index is 503. The lowest BCUT2D eigenvalue weighted by Crippen LogP contribution is -2.11. The summed E-state index contributed by atoms with van der Waals surface area (Å²) in [5.74, 6) is 0.564. The van der Waals surface area contributed by atoms with E-state index >= 15 is 0 Å². The summed E-state index contributed by atoms with van der Waals surface area (Å²) in [6.07, 6.45) is 2.40. The number of aromatic nitrogens is 3. The van der Waals surface area contributed by atoms with Crippen molar-refractivity contribution in [2.75, 3.05) is 7.11 Å². The number of rotatable bonds is 4. The minimum Gasteiger partial charge on any atom is -0.493 e. The molecule has 18 heavy (non-hydrogen) atoms. The van der Waals surface area contributed by atoms with Crippen LogP contribution in [-0.4, -0.2) is 27.0 Å². The topological polar surface area (TPSA) is 60.2 Å². The smallest absolute Gasteiger partial charge is 0.163 e. The van der Waals surface area contributed by atoms with E-state index in [0.717, 1.165) is 4.47 Å². The normalized spacial score (nSPS) is 12.4. The molecule has 2 rings (SSSR count). The molecule has 0 aliphatic carbocycles. The van der Waals surface area contributed by atoms with Crippen LogP contribution < -0.4 is 4.74 Å². The maximum absolute atomic E-state index is 10.4. The van der Waals surface area contributed by atoms with Crippen LogP contribution in [0.15, 0.2) is 29.0 Å². The molecule has 5 nitrogen and oxygen atoms in total. The van der Waals surface area contributed by atoms with Gasteiger partial charge < -0.3 is 9.84 Å². The van der Waals surface area contributed by atoms with Crippen LogP contribution in [0.5, 0.6) is 5.75 Å². The van der Waals surface area contributed by atoms with Gasteiger partial charge >= 0.3 is 0 Å². The van der Waals surface area contributed by atoms with Crippen LogP contribution in [-0.2, 0) is 6.54 Å². The van der Waals surface area contributed by atoms with E-state index in [1.54, 1.807) is 30.3 Å². The van der Waals surface area contributed by atoms with E-state index in [2.05, 4.69) is 26.0 Å². The van der Waals surface area contributed by atoms with Crippen molar-refractivity contribution in [2.45, 2.75) is 19.6 Å². The molecule has 0 radical (unpaired) electrons. The Morgan fingerprint density at radius 3 is 2.78 bits per heavy atom. The largest absolute Gasteiger partial charge is 0.493 e. The highest BCUT2D eigenvalue weighted by molar-refractivity contribution is 9.10. The highest BCUT2D eigenvalue weighted by atomic mass is 79.9. The molecule has 96 valence electrons. The zero-order valence-corrected chi connectivity index (χ0v) is 11.8. The molecule has 2 aromatic heterocycles. The maximum Gasteiger partial charge on any atom is 0.163 e. The average molecular weight is 312 g/mol. The van der Waals surface area contributed by atoms with Crippen molar-refractivity contribution in [3.8, 4) is 5.75 Å². The number of halogens is 1. The first-order chi connectivity index (χ1) is 8.67. The Morgan fingerprint density at radius 2 is 2.22 bits per heavy atom. The molecule has 0 aromatic carbocycles. The number of aliphatic hydroxyl groups excluding tert-OH is 1. The van der Waals surface area contributed by atoms with E-state index in [1.165, 1.54) is 0 Å². The first kappa shape index (κ1) is 13.0. The summed E-state index contributed by atoms with van der Waals surface area (Å²) >= 11 is 3.31. The molecule has 2 aromatic rings. The third-order valence-electron chi connectivity index (χ3n) is 2.65. The molecule has 0 spiro atoms. The Balaban J connectivity index is 2.41. The van der Waals surface area contributed by atoms with Crippen molar-refractivity contribution in [3.05, 3.63) is 40.4 Å². The number of pyridine rings is 1. The summed E-state index contributed by atoms with van der Waals surface area (Å²) in [7, 11) is 1.56. The molecule has 0 amide bonds. The number of hydrogen-bond acceptors (Lipinski definition) is 4. The van der Waals surface area contributed by atoms with Crippen LogP contribution in [0.1, 0.15) is 24.4 Å². The lowest BCUT2D eigenvalue weighted by atomic mass is 10.1. The molecule has 0 saturated heterocycles. The Morgan fingerprint density at radius 1 is 1.44 bits per heavy atom. The fourth-order valence-corrected chi connectivity index (χ4v) is 1.99. The van der Waals surface area contributed by atoms with Gasteiger partial charge in [0.25, 0.3) is 0 Å². The third-order valence-corrected chi connectivity index (χ3v) is 3.12. The van der Waals surface area contributed by atoms with E-state index in [1.807, 2.05) is 13.0 Å². The first-order valence-corrected chi connectivity index (χ1v) is 6.35. The molecule has 0 aliphatic heterocycles. The standard InChI is InChI=1S/C12H14BrN3O2/c1-3-16-11(10(18-2)7-15-16)12(17)9-5-4-8(13)6-14-9/h4-7,12,17H,3H2,1-2H3. The van der Waals surface area contributed by atoms with Crippen LogP contribution >= 0.6 is 15.9 Å². The van der Waals surface area contributed by atoms with E-state index in [9.17, 15) is 5.11 Å². The number of aryl methyl sites for hydroxylation is 1. The van der Waals surface area contributed by atoms with Crippen LogP contribution in [0.25, 0.3) is 0 Å². The van der Waals surface area contributed by atoms with Crippen LogP contribution in [0, 0.1) is 0 Å². The third kappa shape index (κ3) is 2.39. The van der Waals surface area contributed by atoms with Crippen LogP contribution in [0.3, 0.4) is 0 Å². The van der Waals surface area contributed by atoms with Crippen LogP contribution in [0.2, 0.25) is 0 Å². The Labute approximate surface area is 114 Å². The molecule has 0 bridgehead atoms. The van der Waals surface area contributed by atoms with Gasteiger partial charge in [-0.1, -0.05) is 0 Å². The second kappa shape index (κ2) is 5.49. The van der Waals surface area contributed by atoms with Crippen molar-refractivity contribution in [3.63, 3.8) is 0 Å². The zero-order valence-electron chi connectivity index (χ0n) is 10.2.